The quantitative estimate of drug-likeness (QED) is 0.736. The number of carbonyl (C=O) groups is 2. The minimum atomic E-state index is -0.644. The molecule has 0 radical (unpaired) electrons. The summed E-state index contributed by atoms with van der Waals surface area (Å²) >= 11 is 0. The molecule has 7 heteroatoms. The van der Waals surface area contributed by atoms with Crippen LogP contribution in [-0.4, -0.2) is 42.2 Å². The van der Waals surface area contributed by atoms with Gasteiger partial charge in [-0.05, 0) is 0 Å². The molecule has 1 aromatic rings. The molecule has 1 aromatic heterocycles. The van der Waals surface area contributed by atoms with Gasteiger partial charge in [0.2, 0.25) is 11.7 Å². The van der Waals surface area contributed by atoms with E-state index >= 15 is 0 Å². The molecule has 1 aliphatic heterocycles. The van der Waals surface area contributed by atoms with E-state index < -0.39 is 5.97 Å². The average Bonchev–Trinajstić information content (AvgIpc) is 2.94. The molecule has 0 spiro atoms. The molecule has 1 unspecified atom stereocenters. The second-order valence-electron chi connectivity index (χ2n) is 3.76. The van der Waals surface area contributed by atoms with Crippen LogP contribution in [0.1, 0.15) is 17.0 Å². The van der Waals surface area contributed by atoms with Gasteiger partial charge in [-0.1, -0.05) is 0 Å². The van der Waals surface area contributed by atoms with Crippen LogP contribution in [-0.2, 0) is 9.53 Å². The van der Waals surface area contributed by atoms with Gasteiger partial charge < -0.3 is 14.3 Å². The molecule has 0 aliphatic carbocycles. The van der Waals surface area contributed by atoms with Crippen molar-refractivity contribution >= 4 is 17.9 Å². The van der Waals surface area contributed by atoms with Crippen molar-refractivity contribution in [3.8, 4) is 0 Å². The van der Waals surface area contributed by atoms with Crippen LogP contribution in [0.3, 0.4) is 0 Å². The number of esters is 1. The number of ether oxygens (including phenoxy) is 1. The van der Waals surface area contributed by atoms with Gasteiger partial charge in [0, 0.05) is 25.5 Å². The monoisotopic (exact) mass is 240 g/mol. The summed E-state index contributed by atoms with van der Waals surface area (Å²) in [4.78, 5) is 27.9. The number of methoxy groups -OCH3 is 1. The lowest BCUT2D eigenvalue weighted by molar-refractivity contribution is -0.117. The first kappa shape index (κ1) is 11.6. The molecule has 2 rings (SSSR count). The van der Waals surface area contributed by atoms with E-state index in [1.807, 2.05) is 0 Å². The summed E-state index contributed by atoms with van der Waals surface area (Å²) in [6, 6.07) is 0.0614. The molecular weight excluding hydrogens is 228 g/mol. The van der Waals surface area contributed by atoms with Crippen LogP contribution in [0.25, 0.3) is 0 Å². The van der Waals surface area contributed by atoms with Crippen molar-refractivity contribution in [2.45, 2.75) is 6.42 Å². The second-order valence-corrected chi connectivity index (χ2v) is 3.76. The number of anilines is 1. The van der Waals surface area contributed by atoms with Crippen LogP contribution in [0, 0.1) is 5.92 Å². The highest BCUT2D eigenvalue weighted by Crippen LogP contribution is 2.24. The van der Waals surface area contributed by atoms with Crippen LogP contribution >= 0.6 is 0 Å². The Hall–Kier alpha value is -1.89. The van der Waals surface area contributed by atoms with E-state index in [0.29, 0.717) is 6.54 Å². The first-order chi connectivity index (χ1) is 8.15. The standard InChI is InChI=1S/C10H12N2O5/c1-16-9(15)7-3-11-10(17-7)12-4-6(5-13)2-8(12)14/h3,6,13H,2,4-5H2,1H3. The topological polar surface area (TPSA) is 92.9 Å². The number of aliphatic hydroxyl groups is 1. The van der Waals surface area contributed by atoms with Gasteiger partial charge in [-0.2, -0.15) is 0 Å². The third kappa shape index (κ3) is 2.14. The molecule has 1 atom stereocenters. The molecule has 0 aromatic carbocycles. The summed E-state index contributed by atoms with van der Waals surface area (Å²) in [7, 11) is 1.23. The number of oxazole rings is 1. The largest absolute Gasteiger partial charge is 0.463 e. The SMILES string of the molecule is COC(=O)c1cnc(N2CC(CO)CC2=O)o1. The predicted octanol–water partition coefficient (Wildman–Crippen LogP) is -0.194. The normalized spacial score (nSPS) is 19.8. The Morgan fingerprint density at radius 1 is 1.76 bits per heavy atom. The van der Waals surface area contributed by atoms with Crippen molar-refractivity contribution in [3.63, 3.8) is 0 Å². The minimum Gasteiger partial charge on any atom is -0.463 e. The Bertz CT molecular complexity index is 442. The summed E-state index contributed by atoms with van der Waals surface area (Å²) in [6.45, 7) is 0.281. The highest BCUT2D eigenvalue weighted by atomic mass is 16.5. The lowest BCUT2D eigenvalue weighted by Gasteiger charge is -2.10. The van der Waals surface area contributed by atoms with Gasteiger partial charge in [-0.15, -0.1) is 0 Å². The van der Waals surface area contributed by atoms with Crippen molar-refractivity contribution in [1.29, 1.82) is 0 Å². The van der Waals surface area contributed by atoms with Crippen molar-refractivity contribution in [2.24, 2.45) is 5.92 Å². The third-order valence-corrected chi connectivity index (χ3v) is 2.57. The fourth-order valence-electron chi connectivity index (χ4n) is 1.67. The number of aliphatic hydroxyl groups excluding tert-OH is 1. The zero-order valence-electron chi connectivity index (χ0n) is 9.25. The van der Waals surface area contributed by atoms with Gasteiger partial charge in [0.25, 0.3) is 0 Å². The number of carbonyl (C=O) groups excluding carboxylic acids is 2. The number of aromatic nitrogens is 1. The Kier molecular flexibility index (Phi) is 3.10. The van der Waals surface area contributed by atoms with Gasteiger partial charge in [-0.25, -0.2) is 9.78 Å². The van der Waals surface area contributed by atoms with Crippen molar-refractivity contribution < 1.29 is 23.8 Å². The van der Waals surface area contributed by atoms with Crippen LogP contribution < -0.4 is 4.90 Å². The molecule has 17 heavy (non-hydrogen) atoms. The van der Waals surface area contributed by atoms with E-state index in [1.165, 1.54) is 18.2 Å². The van der Waals surface area contributed by atoms with Crippen LogP contribution in [0.2, 0.25) is 0 Å². The maximum absolute atomic E-state index is 11.6. The number of rotatable bonds is 3. The average molecular weight is 240 g/mol. The molecule has 92 valence electrons. The Morgan fingerprint density at radius 2 is 2.53 bits per heavy atom. The van der Waals surface area contributed by atoms with Gasteiger partial charge in [0.15, 0.2) is 0 Å². The number of amides is 1. The molecule has 2 heterocycles. The highest BCUT2D eigenvalue weighted by molar-refractivity contribution is 5.94. The van der Waals surface area contributed by atoms with E-state index in [1.54, 1.807) is 0 Å². The fourth-order valence-corrected chi connectivity index (χ4v) is 1.67. The molecule has 7 nitrogen and oxygen atoms in total. The van der Waals surface area contributed by atoms with Crippen molar-refractivity contribution in [1.82, 2.24) is 4.98 Å². The number of nitrogens with zero attached hydrogens (tertiary/aromatic N) is 2. The smallest absolute Gasteiger partial charge is 0.375 e. The summed E-state index contributed by atoms with van der Waals surface area (Å²) < 4.78 is 9.59. The van der Waals surface area contributed by atoms with Crippen molar-refractivity contribution in [2.75, 3.05) is 25.2 Å². The van der Waals surface area contributed by atoms with E-state index in [0.717, 1.165) is 0 Å². The molecule has 1 aliphatic rings. The Labute approximate surface area is 97.0 Å². The fraction of sp³-hybridized carbons (Fsp3) is 0.500. The van der Waals surface area contributed by atoms with E-state index in [2.05, 4.69) is 9.72 Å². The van der Waals surface area contributed by atoms with Crippen LogP contribution in [0.5, 0.6) is 0 Å². The van der Waals surface area contributed by atoms with Crippen LogP contribution in [0.4, 0.5) is 6.01 Å². The third-order valence-electron chi connectivity index (χ3n) is 2.57. The molecule has 1 N–H and O–H groups in total. The Balaban J connectivity index is 2.15. The highest BCUT2D eigenvalue weighted by Gasteiger charge is 2.33. The molecule has 0 bridgehead atoms. The van der Waals surface area contributed by atoms with Gasteiger partial charge >= 0.3 is 12.0 Å². The second kappa shape index (κ2) is 4.54. The van der Waals surface area contributed by atoms with Crippen molar-refractivity contribution in [3.05, 3.63) is 12.0 Å². The summed E-state index contributed by atoms with van der Waals surface area (Å²) in [5.41, 5.74) is 0. The lowest BCUT2D eigenvalue weighted by Crippen LogP contribution is -2.25. The predicted molar refractivity (Wildman–Crippen MR) is 55.4 cm³/mol. The first-order valence-corrected chi connectivity index (χ1v) is 5.11. The summed E-state index contributed by atoms with van der Waals surface area (Å²) in [5.74, 6) is -0.991. The maximum atomic E-state index is 11.6. The van der Waals surface area contributed by atoms with Gasteiger partial charge in [-0.3, -0.25) is 9.69 Å². The maximum Gasteiger partial charge on any atom is 0.375 e. The summed E-state index contributed by atoms with van der Waals surface area (Å²) in [5, 5.41) is 8.98. The Morgan fingerprint density at radius 3 is 3.12 bits per heavy atom. The minimum absolute atomic E-state index is 0.0530. The molecule has 0 saturated carbocycles. The zero-order chi connectivity index (χ0) is 12.4. The summed E-state index contributed by atoms with van der Waals surface area (Å²) in [6.07, 6.45) is 1.47. The lowest BCUT2D eigenvalue weighted by atomic mass is 10.1. The van der Waals surface area contributed by atoms with Crippen LogP contribution in [0.15, 0.2) is 10.6 Å². The van der Waals surface area contributed by atoms with Gasteiger partial charge in [0.1, 0.15) is 0 Å². The van der Waals surface area contributed by atoms with E-state index in [4.69, 9.17) is 9.52 Å². The number of hydrogen-bond acceptors (Lipinski definition) is 6. The van der Waals surface area contributed by atoms with E-state index in [-0.39, 0.29) is 36.6 Å². The number of hydrogen-bond donors (Lipinski definition) is 1. The van der Waals surface area contributed by atoms with Gasteiger partial charge in [0.05, 0.1) is 13.3 Å². The molecular formula is C10H12N2O5. The molecule has 1 saturated heterocycles. The van der Waals surface area contributed by atoms with E-state index in [9.17, 15) is 9.59 Å². The zero-order valence-corrected chi connectivity index (χ0v) is 9.25. The molecule has 1 fully saturated rings. The molecule has 1 amide bonds. The first-order valence-electron chi connectivity index (χ1n) is 5.11.